The first-order valence-corrected chi connectivity index (χ1v) is 7.01. The van der Waals surface area contributed by atoms with Gasteiger partial charge in [-0.25, -0.2) is 9.97 Å². The Balaban J connectivity index is 1.87. The molecule has 3 rings (SSSR count). The van der Waals surface area contributed by atoms with Crippen LogP contribution in [0.1, 0.15) is 28.7 Å². The predicted molar refractivity (Wildman–Crippen MR) is 77.9 cm³/mol. The van der Waals surface area contributed by atoms with Crippen molar-refractivity contribution in [3.8, 4) is 5.75 Å². The van der Waals surface area contributed by atoms with Gasteiger partial charge in [0.1, 0.15) is 11.6 Å². The largest absolute Gasteiger partial charge is 0.493 e. The minimum absolute atomic E-state index is 0.223. The van der Waals surface area contributed by atoms with Crippen molar-refractivity contribution >= 4 is 0 Å². The SMILES string of the molecule is Cc1cc(CCN)nc(C2COc3ccccc3C2)n1. The average molecular weight is 269 g/mol. The lowest BCUT2D eigenvalue weighted by Crippen LogP contribution is -2.22. The molecule has 2 heterocycles. The van der Waals surface area contributed by atoms with E-state index in [1.807, 2.05) is 31.2 Å². The Morgan fingerprint density at radius 1 is 1.30 bits per heavy atom. The standard InChI is InChI=1S/C16H19N3O/c1-11-8-14(6-7-17)19-16(18-11)13-9-12-4-2-3-5-15(12)20-10-13/h2-5,8,13H,6-7,9-10,17H2,1H3. The van der Waals surface area contributed by atoms with Crippen LogP contribution in [0.2, 0.25) is 0 Å². The van der Waals surface area contributed by atoms with Crippen LogP contribution in [0.3, 0.4) is 0 Å². The van der Waals surface area contributed by atoms with E-state index in [9.17, 15) is 0 Å². The number of hydrogen-bond acceptors (Lipinski definition) is 4. The maximum absolute atomic E-state index is 5.83. The summed E-state index contributed by atoms with van der Waals surface area (Å²) in [5, 5.41) is 0. The zero-order valence-electron chi connectivity index (χ0n) is 11.7. The number of benzene rings is 1. The molecule has 20 heavy (non-hydrogen) atoms. The lowest BCUT2D eigenvalue weighted by molar-refractivity contribution is 0.257. The molecule has 0 radical (unpaired) electrons. The number of nitrogens with two attached hydrogens (primary N) is 1. The van der Waals surface area contributed by atoms with Crippen LogP contribution in [0.15, 0.2) is 30.3 Å². The lowest BCUT2D eigenvalue weighted by atomic mass is 9.96. The van der Waals surface area contributed by atoms with Crippen LogP contribution in [0.4, 0.5) is 0 Å². The Bertz CT molecular complexity index is 612. The summed E-state index contributed by atoms with van der Waals surface area (Å²) in [7, 11) is 0. The van der Waals surface area contributed by atoms with Crippen molar-refractivity contribution in [1.29, 1.82) is 0 Å². The number of para-hydroxylation sites is 1. The first-order chi connectivity index (χ1) is 9.76. The summed E-state index contributed by atoms with van der Waals surface area (Å²) in [6, 6.07) is 10.2. The van der Waals surface area contributed by atoms with Gasteiger partial charge >= 0.3 is 0 Å². The van der Waals surface area contributed by atoms with Gasteiger partial charge in [-0.1, -0.05) is 18.2 Å². The second kappa shape index (κ2) is 5.59. The molecule has 4 nitrogen and oxygen atoms in total. The highest BCUT2D eigenvalue weighted by Crippen LogP contribution is 2.30. The van der Waals surface area contributed by atoms with Crippen LogP contribution in [0, 0.1) is 6.92 Å². The zero-order valence-corrected chi connectivity index (χ0v) is 11.7. The fourth-order valence-electron chi connectivity index (χ4n) is 2.61. The van der Waals surface area contributed by atoms with Gasteiger partial charge in [0, 0.05) is 17.8 Å². The molecule has 2 aromatic rings. The third kappa shape index (κ3) is 2.65. The van der Waals surface area contributed by atoms with Gasteiger partial charge in [-0.2, -0.15) is 0 Å². The molecule has 0 saturated heterocycles. The molecule has 1 aliphatic rings. The number of hydrogen-bond donors (Lipinski definition) is 1. The van der Waals surface area contributed by atoms with Crippen molar-refractivity contribution in [3.05, 3.63) is 53.1 Å². The molecule has 1 atom stereocenters. The molecule has 0 bridgehead atoms. The molecule has 104 valence electrons. The van der Waals surface area contributed by atoms with Gasteiger partial charge in [0.05, 0.1) is 12.5 Å². The summed E-state index contributed by atoms with van der Waals surface area (Å²) in [4.78, 5) is 9.23. The fraction of sp³-hybridized carbons (Fsp3) is 0.375. The Kier molecular flexibility index (Phi) is 3.65. The molecule has 1 aliphatic heterocycles. The van der Waals surface area contributed by atoms with Crippen LogP contribution in [0.25, 0.3) is 0 Å². The number of ether oxygens (including phenoxy) is 1. The third-order valence-electron chi connectivity index (χ3n) is 3.57. The van der Waals surface area contributed by atoms with Gasteiger partial charge < -0.3 is 10.5 Å². The summed E-state index contributed by atoms with van der Waals surface area (Å²) in [5.74, 6) is 2.09. The van der Waals surface area contributed by atoms with Gasteiger partial charge in [-0.15, -0.1) is 0 Å². The van der Waals surface area contributed by atoms with E-state index >= 15 is 0 Å². The van der Waals surface area contributed by atoms with Crippen LogP contribution in [-0.2, 0) is 12.8 Å². The highest BCUT2D eigenvalue weighted by molar-refractivity contribution is 5.36. The van der Waals surface area contributed by atoms with Gasteiger partial charge in [0.15, 0.2) is 0 Å². The van der Waals surface area contributed by atoms with E-state index in [4.69, 9.17) is 10.5 Å². The highest BCUT2D eigenvalue weighted by Gasteiger charge is 2.23. The van der Waals surface area contributed by atoms with Gasteiger partial charge in [-0.05, 0) is 37.6 Å². The maximum atomic E-state index is 5.83. The Labute approximate surface area is 119 Å². The van der Waals surface area contributed by atoms with Crippen molar-refractivity contribution in [1.82, 2.24) is 9.97 Å². The zero-order chi connectivity index (χ0) is 13.9. The molecule has 4 heteroatoms. The number of fused-ring (bicyclic) bond motifs is 1. The van der Waals surface area contributed by atoms with E-state index in [2.05, 4.69) is 16.0 Å². The van der Waals surface area contributed by atoms with Crippen LogP contribution < -0.4 is 10.5 Å². The van der Waals surface area contributed by atoms with Crippen LogP contribution >= 0.6 is 0 Å². The predicted octanol–water partition coefficient (Wildman–Crippen LogP) is 2.00. The van der Waals surface area contributed by atoms with E-state index in [1.165, 1.54) is 5.56 Å². The Morgan fingerprint density at radius 3 is 3.00 bits per heavy atom. The molecule has 0 spiro atoms. The second-order valence-electron chi connectivity index (χ2n) is 5.22. The summed E-state index contributed by atoms with van der Waals surface area (Å²) >= 11 is 0. The van der Waals surface area contributed by atoms with E-state index in [0.717, 1.165) is 35.8 Å². The fourth-order valence-corrected chi connectivity index (χ4v) is 2.61. The topological polar surface area (TPSA) is 61.0 Å². The van der Waals surface area contributed by atoms with Gasteiger partial charge in [0.2, 0.25) is 0 Å². The number of aromatic nitrogens is 2. The minimum atomic E-state index is 0.223. The molecule has 0 saturated carbocycles. The molecular formula is C16H19N3O. The number of aryl methyl sites for hydroxylation is 1. The van der Waals surface area contributed by atoms with Crippen molar-refractivity contribution in [2.75, 3.05) is 13.2 Å². The van der Waals surface area contributed by atoms with E-state index in [-0.39, 0.29) is 5.92 Å². The van der Waals surface area contributed by atoms with Gasteiger partial charge in [0.25, 0.3) is 0 Å². The molecule has 1 unspecified atom stereocenters. The van der Waals surface area contributed by atoms with E-state index in [1.54, 1.807) is 0 Å². The quantitative estimate of drug-likeness (QED) is 0.926. The average Bonchev–Trinajstić information content (AvgIpc) is 2.46. The monoisotopic (exact) mass is 269 g/mol. The van der Waals surface area contributed by atoms with E-state index < -0.39 is 0 Å². The summed E-state index contributed by atoms with van der Waals surface area (Å²) in [6.45, 7) is 3.26. The van der Waals surface area contributed by atoms with E-state index in [0.29, 0.717) is 13.2 Å². The number of nitrogens with zero attached hydrogens (tertiary/aromatic N) is 2. The normalized spacial score (nSPS) is 17.4. The maximum Gasteiger partial charge on any atom is 0.135 e. The molecule has 0 amide bonds. The molecule has 0 aliphatic carbocycles. The Morgan fingerprint density at radius 2 is 2.15 bits per heavy atom. The van der Waals surface area contributed by atoms with Crippen molar-refractivity contribution in [3.63, 3.8) is 0 Å². The highest BCUT2D eigenvalue weighted by atomic mass is 16.5. The number of rotatable bonds is 3. The molecule has 2 N–H and O–H groups in total. The molecule has 1 aromatic carbocycles. The summed E-state index contributed by atoms with van der Waals surface area (Å²) in [5.41, 5.74) is 8.87. The molecule has 0 fully saturated rings. The van der Waals surface area contributed by atoms with Crippen molar-refractivity contribution in [2.24, 2.45) is 5.73 Å². The first-order valence-electron chi connectivity index (χ1n) is 7.01. The van der Waals surface area contributed by atoms with Gasteiger partial charge in [-0.3, -0.25) is 0 Å². The van der Waals surface area contributed by atoms with Crippen LogP contribution in [-0.4, -0.2) is 23.1 Å². The first kappa shape index (κ1) is 13.1. The van der Waals surface area contributed by atoms with Crippen LogP contribution in [0.5, 0.6) is 5.75 Å². The second-order valence-corrected chi connectivity index (χ2v) is 5.22. The minimum Gasteiger partial charge on any atom is -0.493 e. The molecular weight excluding hydrogens is 250 g/mol. The van der Waals surface area contributed by atoms with Crippen molar-refractivity contribution in [2.45, 2.75) is 25.7 Å². The summed E-state index contributed by atoms with van der Waals surface area (Å²) in [6.07, 6.45) is 1.72. The summed E-state index contributed by atoms with van der Waals surface area (Å²) < 4.78 is 5.83. The lowest BCUT2D eigenvalue weighted by Gasteiger charge is -2.24. The Hall–Kier alpha value is -1.94. The van der Waals surface area contributed by atoms with Crippen molar-refractivity contribution < 1.29 is 4.74 Å². The molecule has 1 aromatic heterocycles. The third-order valence-corrected chi connectivity index (χ3v) is 3.57. The smallest absolute Gasteiger partial charge is 0.135 e.